The van der Waals surface area contributed by atoms with E-state index in [1.165, 1.54) is 0 Å². The van der Waals surface area contributed by atoms with Gasteiger partial charge in [0.2, 0.25) is 0 Å². The molecule has 0 bridgehead atoms. The summed E-state index contributed by atoms with van der Waals surface area (Å²) in [5.74, 6) is 0.533. The second kappa shape index (κ2) is 5.61. The van der Waals surface area contributed by atoms with Crippen LogP contribution in [0.15, 0.2) is 10.6 Å². The van der Waals surface area contributed by atoms with E-state index in [0.717, 1.165) is 5.69 Å². The topological polar surface area (TPSA) is 68.0 Å². The minimum atomic E-state index is -0.0979. The van der Waals surface area contributed by atoms with Crippen LogP contribution in [0.3, 0.4) is 0 Å². The van der Waals surface area contributed by atoms with Gasteiger partial charge >= 0.3 is 0 Å². The highest BCUT2D eigenvalue weighted by Gasteiger charge is 2.19. The summed E-state index contributed by atoms with van der Waals surface area (Å²) in [6.45, 7) is 10.7. The Morgan fingerprint density at radius 2 is 2.05 bits per heavy atom. The molecule has 2 aromatic heterocycles. The Morgan fingerprint density at radius 1 is 1.35 bits per heavy atom. The van der Waals surface area contributed by atoms with Crippen LogP contribution >= 0.6 is 0 Å². The molecule has 0 fully saturated rings. The maximum Gasteiger partial charge on any atom is 0.259 e. The van der Waals surface area contributed by atoms with Gasteiger partial charge in [0, 0.05) is 12.2 Å². The van der Waals surface area contributed by atoms with E-state index in [4.69, 9.17) is 4.52 Å². The highest BCUT2D eigenvalue weighted by atomic mass is 16.5. The van der Waals surface area contributed by atoms with E-state index < -0.39 is 0 Å². The summed E-state index contributed by atoms with van der Waals surface area (Å²) in [4.78, 5) is 16.8. The first kappa shape index (κ1) is 14.5. The maximum absolute atomic E-state index is 12.4. The van der Waals surface area contributed by atoms with Crippen LogP contribution in [0.1, 0.15) is 55.4 Å². The zero-order valence-corrected chi connectivity index (χ0v) is 12.7. The average Bonchev–Trinajstić information content (AvgIpc) is 2.76. The van der Waals surface area contributed by atoms with Crippen molar-refractivity contribution >= 4 is 17.0 Å². The van der Waals surface area contributed by atoms with E-state index in [2.05, 4.69) is 29.3 Å². The molecule has 0 aromatic carbocycles. The van der Waals surface area contributed by atoms with Gasteiger partial charge in [-0.3, -0.25) is 4.79 Å². The average molecular weight is 275 g/mol. The molecule has 0 spiro atoms. The number of rotatable bonds is 4. The third-order valence-corrected chi connectivity index (χ3v) is 3.14. The molecule has 0 atom stereocenters. The lowest BCUT2D eigenvalue weighted by atomic mass is 10.0. The van der Waals surface area contributed by atoms with Crippen LogP contribution in [0.2, 0.25) is 0 Å². The minimum absolute atomic E-state index is 0.0979. The molecule has 5 heteroatoms. The first-order valence-electron chi connectivity index (χ1n) is 6.95. The van der Waals surface area contributed by atoms with Crippen LogP contribution in [0.4, 0.5) is 0 Å². The molecule has 108 valence electrons. The van der Waals surface area contributed by atoms with Crippen molar-refractivity contribution in [3.8, 4) is 0 Å². The van der Waals surface area contributed by atoms with E-state index in [1.54, 1.807) is 0 Å². The molecule has 0 saturated carbocycles. The molecule has 0 aliphatic heterocycles. The van der Waals surface area contributed by atoms with Crippen molar-refractivity contribution < 1.29 is 9.32 Å². The summed E-state index contributed by atoms with van der Waals surface area (Å²) in [5, 5.41) is 7.56. The van der Waals surface area contributed by atoms with Crippen molar-refractivity contribution in [2.45, 2.75) is 40.5 Å². The van der Waals surface area contributed by atoms with Crippen LogP contribution in [-0.2, 0) is 0 Å². The van der Waals surface area contributed by atoms with Gasteiger partial charge in [-0.25, -0.2) is 4.98 Å². The largest absolute Gasteiger partial charge is 0.352 e. The molecule has 0 aliphatic carbocycles. The van der Waals surface area contributed by atoms with E-state index in [9.17, 15) is 4.79 Å². The number of fused-ring (bicyclic) bond motifs is 1. The van der Waals surface area contributed by atoms with Gasteiger partial charge in [-0.05, 0) is 24.8 Å². The molecule has 1 N–H and O–H groups in total. The number of carbonyl (C=O) groups is 1. The Labute approximate surface area is 118 Å². The second-order valence-electron chi connectivity index (χ2n) is 5.80. The molecule has 0 saturated heterocycles. The lowest BCUT2D eigenvalue weighted by Crippen LogP contribution is -2.27. The first-order chi connectivity index (χ1) is 9.40. The van der Waals surface area contributed by atoms with Gasteiger partial charge < -0.3 is 9.84 Å². The molecule has 20 heavy (non-hydrogen) atoms. The Kier molecular flexibility index (Phi) is 4.06. The number of amides is 1. The zero-order valence-electron chi connectivity index (χ0n) is 12.7. The molecular formula is C15H21N3O2. The van der Waals surface area contributed by atoms with E-state index >= 15 is 0 Å². The molecule has 2 rings (SSSR count). The van der Waals surface area contributed by atoms with Crippen LogP contribution in [0.25, 0.3) is 11.1 Å². The predicted molar refractivity (Wildman–Crippen MR) is 77.8 cm³/mol. The maximum atomic E-state index is 12.4. The molecule has 1 amide bonds. The summed E-state index contributed by atoms with van der Waals surface area (Å²) in [7, 11) is 0. The summed E-state index contributed by atoms with van der Waals surface area (Å²) >= 11 is 0. The lowest BCUT2D eigenvalue weighted by molar-refractivity contribution is 0.0950. The van der Waals surface area contributed by atoms with E-state index in [0.29, 0.717) is 34.8 Å². The van der Waals surface area contributed by atoms with E-state index in [1.807, 2.05) is 26.8 Å². The summed E-state index contributed by atoms with van der Waals surface area (Å²) < 4.78 is 5.21. The third-order valence-electron chi connectivity index (χ3n) is 3.14. The number of nitrogens with zero attached hydrogens (tertiary/aromatic N) is 2. The third kappa shape index (κ3) is 2.81. The summed E-state index contributed by atoms with van der Waals surface area (Å²) in [6, 6.07) is 1.84. The number of aromatic nitrogens is 2. The Balaban J connectivity index is 2.48. The second-order valence-corrected chi connectivity index (χ2v) is 5.80. The minimum Gasteiger partial charge on any atom is -0.352 e. The van der Waals surface area contributed by atoms with Gasteiger partial charge in [-0.2, -0.15) is 0 Å². The van der Waals surface area contributed by atoms with Crippen molar-refractivity contribution in [2.24, 2.45) is 5.92 Å². The number of pyridine rings is 1. The zero-order chi connectivity index (χ0) is 14.9. The monoisotopic (exact) mass is 275 g/mol. The summed E-state index contributed by atoms with van der Waals surface area (Å²) in [5.41, 5.74) is 2.56. The number of carbonyl (C=O) groups excluding carboxylic acids is 1. The standard InChI is InChI=1S/C15H21N3O2/c1-8(2)7-16-14(19)11-6-12(9(3)4)17-15-13(11)10(5)18-20-15/h6,8-9H,7H2,1-5H3,(H,16,19). The fourth-order valence-electron chi connectivity index (χ4n) is 1.98. The normalized spacial score (nSPS) is 11.6. The fourth-order valence-corrected chi connectivity index (χ4v) is 1.98. The molecular weight excluding hydrogens is 254 g/mol. The Hall–Kier alpha value is -1.91. The van der Waals surface area contributed by atoms with Crippen LogP contribution in [0.5, 0.6) is 0 Å². The van der Waals surface area contributed by atoms with Crippen molar-refractivity contribution in [3.05, 3.63) is 23.0 Å². The van der Waals surface area contributed by atoms with Gasteiger partial charge in [0.05, 0.1) is 16.6 Å². The molecule has 5 nitrogen and oxygen atoms in total. The smallest absolute Gasteiger partial charge is 0.259 e. The highest BCUT2D eigenvalue weighted by molar-refractivity contribution is 6.06. The molecule has 2 aromatic rings. The number of hydrogen-bond donors (Lipinski definition) is 1. The van der Waals surface area contributed by atoms with Gasteiger partial charge in [-0.15, -0.1) is 0 Å². The molecule has 0 radical (unpaired) electrons. The van der Waals surface area contributed by atoms with Gasteiger partial charge in [-0.1, -0.05) is 32.9 Å². The quantitative estimate of drug-likeness (QED) is 0.931. The Morgan fingerprint density at radius 3 is 2.65 bits per heavy atom. The lowest BCUT2D eigenvalue weighted by Gasteiger charge is -2.10. The van der Waals surface area contributed by atoms with Crippen LogP contribution < -0.4 is 5.32 Å². The SMILES string of the molecule is Cc1noc2nc(C(C)C)cc(C(=O)NCC(C)C)c12. The Bertz CT molecular complexity index is 629. The van der Waals surface area contributed by atoms with Gasteiger partial charge in [0.1, 0.15) is 0 Å². The van der Waals surface area contributed by atoms with Crippen LogP contribution in [0, 0.1) is 12.8 Å². The number of nitrogens with one attached hydrogen (secondary N) is 1. The number of hydrogen-bond acceptors (Lipinski definition) is 4. The predicted octanol–water partition coefficient (Wildman–Crippen LogP) is 3.04. The first-order valence-corrected chi connectivity index (χ1v) is 6.95. The van der Waals surface area contributed by atoms with Crippen molar-refractivity contribution in [1.82, 2.24) is 15.5 Å². The highest BCUT2D eigenvalue weighted by Crippen LogP contribution is 2.25. The van der Waals surface area contributed by atoms with Gasteiger partial charge in [0.25, 0.3) is 11.6 Å². The molecule has 0 aliphatic rings. The fraction of sp³-hybridized carbons (Fsp3) is 0.533. The van der Waals surface area contributed by atoms with E-state index in [-0.39, 0.29) is 11.8 Å². The number of aryl methyl sites for hydroxylation is 1. The van der Waals surface area contributed by atoms with Crippen molar-refractivity contribution in [2.75, 3.05) is 6.54 Å². The van der Waals surface area contributed by atoms with Crippen molar-refractivity contribution in [3.63, 3.8) is 0 Å². The summed E-state index contributed by atoms with van der Waals surface area (Å²) in [6.07, 6.45) is 0. The van der Waals surface area contributed by atoms with Gasteiger partial charge in [0.15, 0.2) is 0 Å². The van der Waals surface area contributed by atoms with Crippen molar-refractivity contribution in [1.29, 1.82) is 0 Å². The molecule has 0 unspecified atom stereocenters. The molecule has 2 heterocycles. The van der Waals surface area contributed by atoms with Crippen LogP contribution in [-0.4, -0.2) is 22.6 Å².